The molecule has 0 radical (unpaired) electrons. The van der Waals surface area contributed by atoms with Crippen molar-refractivity contribution in [3.05, 3.63) is 0 Å². The van der Waals surface area contributed by atoms with Gasteiger partial charge in [0.25, 0.3) is 0 Å². The number of nitrogens with zero attached hydrogens (tertiary/aromatic N) is 1. The molecule has 0 amide bonds. The second-order valence-electron chi connectivity index (χ2n) is 1.96. The SMILES string of the molecule is Cl.Cl.Cl.[CH3][Ti][N]1CCNCC1. The van der Waals surface area contributed by atoms with E-state index in [9.17, 15) is 0 Å². The maximum absolute atomic E-state index is 3.33. The van der Waals surface area contributed by atoms with Crippen LogP contribution in [0, 0.1) is 0 Å². The number of halogens is 3. The number of rotatable bonds is 1. The molecule has 0 aromatic carbocycles. The van der Waals surface area contributed by atoms with E-state index in [4.69, 9.17) is 0 Å². The molecule has 1 saturated heterocycles. The van der Waals surface area contributed by atoms with Crippen LogP contribution in [0.25, 0.3) is 0 Å². The zero-order valence-corrected chi connectivity index (χ0v) is 10.5. The molecule has 0 bridgehead atoms. The molecule has 0 aliphatic carbocycles. The van der Waals surface area contributed by atoms with Crippen molar-refractivity contribution in [2.75, 3.05) is 26.2 Å². The molecule has 0 aromatic rings. The Morgan fingerprint density at radius 2 is 1.55 bits per heavy atom. The first kappa shape index (κ1) is 18.3. The predicted molar refractivity (Wildman–Crippen MR) is 52.1 cm³/mol. The van der Waals surface area contributed by atoms with Crippen LogP contribution in [-0.4, -0.2) is 29.6 Å². The Labute approximate surface area is 96.3 Å². The maximum atomic E-state index is 3.33. The number of piperazine rings is 1. The van der Waals surface area contributed by atoms with Crippen molar-refractivity contribution >= 4 is 37.2 Å². The first-order valence-corrected chi connectivity index (χ1v) is 5.32. The number of hydrogen-bond acceptors (Lipinski definition) is 2. The van der Waals surface area contributed by atoms with E-state index in [1.807, 2.05) is 0 Å². The van der Waals surface area contributed by atoms with Gasteiger partial charge in [-0.15, -0.1) is 37.2 Å². The van der Waals surface area contributed by atoms with Crippen LogP contribution in [0.5, 0.6) is 0 Å². The van der Waals surface area contributed by atoms with Crippen LogP contribution >= 0.6 is 37.2 Å². The van der Waals surface area contributed by atoms with Crippen LogP contribution in [0.2, 0.25) is 5.23 Å². The zero-order chi connectivity index (χ0) is 5.82. The van der Waals surface area contributed by atoms with Gasteiger partial charge < -0.3 is 0 Å². The van der Waals surface area contributed by atoms with Crippen LogP contribution in [0.1, 0.15) is 0 Å². The first-order valence-electron chi connectivity index (χ1n) is 3.06. The molecule has 0 unspecified atom stereocenters. The van der Waals surface area contributed by atoms with Crippen molar-refractivity contribution in [1.82, 2.24) is 8.70 Å². The second kappa shape index (κ2) is 11.5. The minimum absolute atomic E-state index is 0. The fourth-order valence-corrected chi connectivity index (χ4v) is 1.94. The third-order valence-electron chi connectivity index (χ3n) is 1.43. The molecule has 1 fully saturated rings. The average Bonchev–Trinajstić information content (AvgIpc) is 1.90. The van der Waals surface area contributed by atoms with Gasteiger partial charge in [-0.2, -0.15) is 0 Å². The summed E-state index contributed by atoms with van der Waals surface area (Å²) in [5.41, 5.74) is 0. The fraction of sp³-hybridized carbons (Fsp3) is 1.00. The van der Waals surface area contributed by atoms with E-state index in [1.54, 1.807) is 0 Å². The van der Waals surface area contributed by atoms with Gasteiger partial charge in [-0.1, -0.05) is 0 Å². The molecular formula is C5H15Cl3N2Ti. The van der Waals surface area contributed by atoms with Gasteiger partial charge in [-0.3, -0.25) is 0 Å². The fourth-order valence-electron chi connectivity index (χ4n) is 0.888. The van der Waals surface area contributed by atoms with Gasteiger partial charge in [-0.05, 0) is 0 Å². The summed E-state index contributed by atoms with van der Waals surface area (Å²) in [4.78, 5) is 0. The van der Waals surface area contributed by atoms with Gasteiger partial charge in [-0.25, -0.2) is 0 Å². The van der Waals surface area contributed by atoms with E-state index in [0.717, 1.165) is 0 Å². The van der Waals surface area contributed by atoms with Crippen molar-refractivity contribution in [2.45, 2.75) is 5.23 Å². The Hall–Kier alpha value is 1.50. The van der Waals surface area contributed by atoms with Crippen molar-refractivity contribution in [1.29, 1.82) is 0 Å². The van der Waals surface area contributed by atoms with Gasteiger partial charge in [0.1, 0.15) is 0 Å². The van der Waals surface area contributed by atoms with Crippen LogP contribution in [0.4, 0.5) is 0 Å². The predicted octanol–water partition coefficient (Wildman–Crippen LogP) is 1.20. The topological polar surface area (TPSA) is 15.3 Å². The van der Waals surface area contributed by atoms with Crippen LogP contribution in [0.3, 0.4) is 0 Å². The number of nitrogens with one attached hydrogen (secondary N) is 1. The molecule has 70 valence electrons. The third kappa shape index (κ3) is 7.85. The third-order valence-corrected chi connectivity index (χ3v) is 3.12. The van der Waals surface area contributed by atoms with E-state index in [2.05, 4.69) is 13.9 Å². The Bertz CT molecular complexity index is 70.7. The molecule has 0 saturated carbocycles. The molecule has 1 rings (SSSR count). The molecule has 11 heavy (non-hydrogen) atoms. The monoisotopic (exact) mass is 256 g/mol. The van der Waals surface area contributed by atoms with E-state index >= 15 is 0 Å². The summed E-state index contributed by atoms with van der Waals surface area (Å²) in [6, 6.07) is 0. The molecule has 0 spiro atoms. The van der Waals surface area contributed by atoms with Crippen molar-refractivity contribution in [2.24, 2.45) is 0 Å². The Morgan fingerprint density at radius 1 is 1.09 bits per heavy atom. The van der Waals surface area contributed by atoms with Crippen molar-refractivity contribution in [3.8, 4) is 0 Å². The van der Waals surface area contributed by atoms with E-state index < -0.39 is 0 Å². The van der Waals surface area contributed by atoms with Gasteiger partial charge in [0.05, 0.1) is 0 Å². The standard InChI is InChI=1S/C4H9N2.CH3.3ClH.Ti/c1-2-6-4-3-5-1;;;;;/h5H,1-4H2;1H3;3*1H;/q-1;;;;;+1. The van der Waals surface area contributed by atoms with Gasteiger partial charge in [0.2, 0.25) is 0 Å². The summed E-state index contributed by atoms with van der Waals surface area (Å²) in [5.74, 6) is 0. The summed E-state index contributed by atoms with van der Waals surface area (Å²) in [6.07, 6.45) is 0. The summed E-state index contributed by atoms with van der Waals surface area (Å²) in [5, 5.41) is 5.67. The normalized spacial score (nSPS) is 16.8. The summed E-state index contributed by atoms with van der Waals surface area (Å²) >= 11 is 0.266. The summed E-state index contributed by atoms with van der Waals surface area (Å²) in [7, 11) is 0. The Morgan fingerprint density at radius 3 is 1.82 bits per heavy atom. The quantitative estimate of drug-likeness (QED) is 0.710. The zero-order valence-electron chi connectivity index (χ0n) is 6.50. The minimum atomic E-state index is 0. The molecular weight excluding hydrogens is 242 g/mol. The second-order valence-corrected chi connectivity index (χ2v) is 3.65. The average molecular weight is 257 g/mol. The van der Waals surface area contributed by atoms with E-state index in [0.29, 0.717) is 0 Å². The molecule has 1 aliphatic heterocycles. The molecule has 0 aromatic heterocycles. The number of hydrogen-bond donors (Lipinski definition) is 1. The van der Waals surface area contributed by atoms with Gasteiger partial charge >= 0.3 is 59.5 Å². The van der Waals surface area contributed by atoms with Crippen LogP contribution < -0.4 is 5.32 Å². The van der Waals surface area contributed by atoms with E-state index in [-0.39, 0.29) is 56.6 Å². The summed E-state index contributed by atoms with van der Waals surface area (Å²) < 4.78 is 2.58. The van der Waals surface area contributed by atoms with Crippen molar-refractivity contribution < 1.29 is 19.4 Å². The Kier molecular flexibility index (Phi) is 19.2. The van der Waals surface area contributed by atoms with Crippen molar-refractivity contribution in [3.63, 3.8) is 0 Å². The molecule has 1 heterocycles. The molecule has 2 nitrogen and oxygen atoms in total. The summed E-state index contributed by atoms with van der Waals surface area (Å²) in [6.45, 7) is 4.99. The van der Waals surface area contributed by atoms with Crippen LogP contribution in [0.15, 0.2) is 0 Å². The first-order chi connectivity index (χ1) is 3.93. The molecule has 1 N–H and O–H groups in total. The molecule has 1 aliphatic rings. The van der Waals surface area contributed by atoms with Gasteiger partial charge in [0.15, 0.2) is 0 Å². The van der Waals surface area contributed by atoms with Gasteiger partial charge in [0, 0.05) is 0 Å². The molecule has 6 heteroatoms. The Balaban J connectivity index is -0.000000213. The van der Waals surface area contributed by atoms with Crippen LogP contribution in [-0.2, 0) is 19.4 Å². The van der Waals surface area contributed by atoms with E-state index in [1.165, 1.54) is 26.2 Å². The molecule has 0 atom stereocenters.